The van der Waals surface area contributed by atoms with Crippen LogP contribution in [-0.2, 0) is 10.0 Å². The maximum absolute atomic E-state index is 12.0. The van der Waals surface area contributed by atoms with Gasteiger partial charge in [0, 0.05) is 10.9 Å². The number of nitrogens with one attached hydrogen (secondary N) is 1. The van der Waals surface area contributed by atoms with Crippen molar-refractivity contribution in [1.82, 2.24) is 4.72 Å². The fraction of sp³-hybridized carbons (Fsp3) is 0.556. The average molecular weight is 426 g/mol. The molecule has 3 nitrogen and oxygen atoms in total. The summed E-state index contributed by atoms with van der Waals surface area (Å²) in [6.07, 6.45) is 0.722. The van der Waals surface area contributed by atoms with Gasteiger partial charge in [0.15, 0.2) is 0 Å². The molecule has 2 atom stereocenters. The van der Waals surface area contributed by atoms with E-state index in [1.54, 1.807) is 0 Å². The summed E-state index contributed by atoms with van der Waals surface area (Å²) in [6.45, 7) is 3.81. The topological polar surface area (TPSA) is 46.2 Å². The van der Waals surface area contributed by atoms with Crippen LogP contribution in [0.15, 0.2) is 14.1 Å². The van der Waals surface area contributed by atoms with Gasteiger partial charge < -0.3 is 0 Å². The summed E-state index contributed by atoms with van der Waals surface area (Å²) in [5.74, 6) is 0. The Morgan fingerprint density at radius 1 is 1.53 bits per heavy atom. The van der Waals surface area contributed by atoms with Gasteiger partial charge in [-0.05, 0) is 35.3 Å². The maximum Gasteiger partial charge on any atom is 0.250 e. The van der Waals surface area contributed by atoms with Crippen molar-refractivity contribution in [3.63, 3.8) is 0 Å². The van der Waals surface area contributed by atoms with Crippen molar-refractivity contribution in [2.24, 2.45) is 0 Å². The molecule has 98 valence electrons. The van der Waals surface area contributed by atoms with E-state index in [0.717, 1.165) is 17.8 Å². The minimum atomic E-state index is -3.47. The Morgan fingerprint density at radius 2 is 2.12 bits per heavy atom. The summed E-state index contributed by atoms with van der Waals surface area (Å²) in [5.41, 5.74) is 0. The van der Waals surface area contributed by atoms with E-state index in [1.165, 1.54) is 6.07 Å². The molecule has 0 aliphatic rings. The highest BCUT2D eigenvalue weighted by Gasteiger charge is 2.21. The van der Waals surface area contributed by atoms with Crippen molar-refractivity contribution in [2.75, 3.05) is 0 Å². The Kier molecular flexibility index (Phi) is 5.94. The SMILES string of the molecule is CC(Br)CC(C)NS(=O)(=O)c1cc(Cl)c(Br)s1. The van der Waals surface area contributed by atoms with Crippen LogP contribution in [0.5, 0.6) is 0 Å². The predicted molar refractivity (Wildman–Crippen MR) is 79.8 cm³/mol. The molecule has 0 radical (unpaired) electrons. The molecule has 0 bridgehead atoms. The van der Waals surface area contributed by atoms with Gasteiger partial charge in [0.1, 0.15) is 4.21 Å². The van der Waals surface area contributed by atoms with Gasteiger partial charge in [-0.1, -0.05) is 34.5 Å². The number of alkyl halides is 1. The monoisotopic (exact) mass is 423 g/mol. The molecule has 0 amide bonds. The molecule has 0 aromatic carbocycles. The van der Waals surface area contributed by atoms with Crippen LogP contribution in [0.1, 0.15) is 20.3 Å². The third kappa shape index (κ3) is 4.80. The molecule has 1 aromatic heterocycles. The van der Waals surface area contributed by atoms with E-state index in [-0.39, 0.29) is 15.1 Å². The number of sulfonamides is 1. The molecular weight excluding hydrogens is 413 g/mol. The molecule has 0 fully saturated rings. The van der Waals surface area contributed by atoms with Gasteiger partial charge in [-0.15, -0.1) is 11.3 Å². The van der Waals surface area contributed by atoms with E-state index in [0.29, 0.717) is 8.81 Å². The molecule has 0 aliphatic heterocycles. The standard InChI is InChI=1S/C9H12Br2ClNO2S2/c1-5(10)3-6(2)13-17(14,15)8-4-7(12)9(11)16-8/h4-6,13H,3H2,1-2H3. The fourth-order valence-electron chi connectivity index (χ4n) is 1.32. The normalized spacial score (nSPS) is 15.8. The molecule has 0 aliphatic carbocycles. The molecule has 2 unspecified atom stereocenters. The lowest BCUT2D eigenvalue weighted by Gasteiger charge is -2.14. The summed E-state index contributed by atoms with van der Waals surface area (Å²) in [6, 6.07) is 1.32. The largest absolute Gasteiger partial charge is 0.250 e. The van der Waals surface area contributed by atoms with Crippen molar-refractivity contribution in [2.45, 2.75) is 35.3 Å². The van der Waals surface area contributed by atoms with Gasteiger partial charge in [-0.3, -0.25) is 0 Å². The summed E-state index contributed by atoms with van der Waals surface area (Å²) < 4.78 is 27.5. The summed E-state index contributed by atoms with van der Waals surface area (Å²) in [7, 11) is -3.47. The second-order valence-electron chi connectivity index (χ2n) is 3.73. The van der Waals surface area contributed by atoms with Crippen molar-refractivity contribution in [3.8, 4) is 0 Å². The number of halogens is 3. The van der Waals surface area contributed by atoms with Gasteiger partial charge in [-0.25, -0.2) is 13.1 Å². The molecule has 8 heteroatoms. The van der Waals surface area contributed by atoms with Crippen LogP contribution in [0.25, 0.3) is 0 Å². The maximum atomic E-state index is 12.0. The van der Waals surface area contributed by atoms with Crippen LogP contribution >= 0.6 is 54.8 Å². The van der Waals surface area contributed by atoms with Gasteiger partial charge >= 0.3 is 0 Å². The van der Waals surface area contributed by atoms with Gasteiger partial charge in [0.25, 0.3) is 0 Å². The van der Waals surface area contributed by atoms with Crippen LogP contribution in [-0.4, -0.2) is 19.3 Å². The van der Waals surface area contributed by atoms with Gasteiger partial charge in [0.05, 0.1) is 8.81 Å². The highest BCUT2D eigenvalue weighted by molar-refractivity contribution is 9.11. The van der Waals surface area contributed by atoms with Gasteiger partial charge in [0.2, 0.25) is 10.0 Å². The summed E-state index contributed by atoms with van der Waals surface area (Å²) >= 11 is 13.5. The second kappa shape index (κ2) is 6.34. The Bertz CT molecular complexity index is 468. The lowest BCUT2D eigenvalue weighted by atomic mass is 10.2. The Balaban J connectivity index is 2.82. The molecule has 1 N–H and O–H groups in total. The molecule has 0 spiro atoms. The number of rotatable bonds is 5. The highest BCUT2D eigenvalue weighted by Crippen LogP contribution is 2.34. The first-order valence-corrected chi connectivity index (χ1v) is 9.22. The quantitative estimate of drug-likeness (QED) is 0.725. The number of hydrogen-bond donors (Lipinski definition) is 1. The van der Waals surface area contributed by atoms with Crippen molar-refractivity contribution in [1.29, 1.82) is 0 Å². The van der Waals surface area contributed by atoms with E-state index in [2.05, 4.69) is 36.6 Å². The van der Waals surface area contributed by atoms with Crippen LogP contribution in [0.2, 0.25) is 5.02 Å². The molecule has 1 heterocycles. The van der Waals surface area contributed by atoms with Crippen molar-refractivity contribution in [3.05, 3.63) is 14.9 Å². The summed E-state index contributed by atoms with van der Waals surface area (Å²) in [4.78, 5) is 0.263. The van der Waals surface area contributed by atoms with E-state index >= 15 is 0 Å². The highest BCUT2D eigenvalue weighted by atomic mass is 79.9. The zero-order valence-electron chi connectivity index (χ0n) is 9.21. The van der Waals surface area contributed by atoms with E-state index in [4.69, 9.17) is 11.6 Å². The third-order valence-corrected chi connectivity index (χ3v) is 6.83. The van der Waals surface area contributed by atoms with E-state index in [1.807, 2.05) is 13.8 Å². The molecule has 1 aromatic rings. The first-order valence-electron chi connectivity index (χ1n) is 4.83. The molecular formula is C9H12Br2ClNO2S2. The molecule has 17 heavy (non-hydrogen) atoms. The zero-order chi connectivity index (χ0) is 13.2. The predicted octanol–water partition coefficient (Wildman–Crippen LogP) is 4.00. The molecule has 0 saturated heterocycles. The fourth-order valence-corrected chi connectivity index (χ4v) is 5.55. The lowest BCUT2D eigenvalue weighted by Crippen LogP contribution is -2.33. The van der Waals surface area contributed by atoms with Crippen molar-refractivity contribution >= 4 is 64.8 Å². The minimum absolute atomic E-state index is 0.131. The van der Waals surface area contributed by atoms with Crippen LogP contribution in [0, 0.1) is 0 Å². The summed E-state index contributed by atoms with van der Waals surface area (Å²) in [5, 5.41) is 0.414. The van der Waals surface area contributed by atoms with Crippen molar-refractivity contribution < 1.29 is 8.42 Å². The first-order chi connectivity index (χ1) is 7.72. The Labute approximate surface area is 127 Å². The Hall–Kier alpha value is 0.860. The zero-order valence-corrected chi connectivity index (χ0v) is 14.8. The van der Waals surface area contributed by atoms with Crippen LogP contribution in [0.3, 0.4) is 0 Å². The lowest BCUT2D eigenvalue weighted by molar-refractivity contribution is 0.549. The second-order valence-corrected chi connectivity index (χ2v) is 10.0. The number of hydrogen-bond acceptors (Lipinski definition) is 3. The third-order valence-electron chi connectivity index (χ3n) is 1.92. The minimum Gasteiger partial charge on any atom is -0.208 e. The molecule has 0 saturated carbocycles. The Morgan fingerprint density at radius 3 is 2.53 bits per heavy atom. The van der Waals surface area contributed by atoms with Crippen LogP contribution < -0.4 is 4.72 Å². The average Bonchev–Trinajstić information content (AvgIpc) is 2.44. The smallest absolute Gasteiger partial charge is 0.208 e. The van der Waals surface area contributed by atoms with E-state index < -0.39 is 10.0 Å². The molecule has 1 rings (SSSR count). The first kappa shape index (κ1) is 15.9. The van der Waals surface area contributed by atoms with Gasteiger partial charge in [-0.2, -0.15) is 0 Å². The van der Waals surface area contributed by atoms with E-state index in [9.17, 15) is 8.42 Å². The van der Waals surface area contributed by atoms with Crippen LogP contribution in [0.4, 0.5) is 0 Å². The number of thiophene rings is 1.